The monoisotopic (exact) mass is 491 g/mol. The van der Waals surface area contributed by atoms with Crippen molar-refractivity contribution >= 4 is 23.9 Å². The number of carboxylic acid groups (broad SMARTS) is 1. The van der Waals surface area contributed by atoms with E-state index in [9.17, 15) is 23.2 Å². The summed E-state index contributed by atoms with van der Waals surface area (Å²) in [6.07, 6.45) is 4.43. The van der Waals surface area contributed by atoms with Gasteiger partial charge in [-0.2, -0.15) is 0 Å². The van der Waals surface area contributed by atoms with Gasteiger partial charge in [0.05, 0.1) is 12.7 Å². The van der Waals surface area contributed by atoms with Crippen LogP contribution in [0.15, 0.2) is 66.7 Å². The predicted octanol–water partition coefficient (Wildman–Crippen LogP) is 5.08. The fraction of sp³-hybridized carbons (Fsp3) is 0.179. The lowest BCUT2D eigenvalue weighted by Crippen LogP contribution is -2.25. The molecule has 3 aromatic rings. The van der Waals surface area contributed by atoms with E-state index in [0.29, 0.717) is 12.0 Å². The molecule has 1 aliphatic carbocycles. The van der Waals surface area contributed by atoms with E-state index in [4.69, 9.17) is 5.11 Å². The van der Waals surface area contributed by atoms with Crippen molar-refractivity contribution in [2.24, 2.45) is 11.8 Å². The fourth-order valence-electron chi connectivity index (χ4n) is 3.95. The zero-order valence-electron chi connectivity index (χ0n) is 19.3. The van der Waals surface area contributed by atoms with Crippen molar-refractivity contribution < 1.29 is 33.0 Å². The van der Waals surface area contributed by atoms with Crippen LogP contribution in [0, 0.1) is 23.5 Å². The molecule has 1 aliphatic rings. The molecular formula is C28H23F2NO5. The summed E-state index contributed by atoms with van der Waals surface area (Å²) in [4.78, 5) is 35.4. The lowest BCUT2D eigenvalue weighted by molar-refractivity contribution is -0.122. The van der Waals surface area contributed by atoms with Gasteiger partial charge in [0, 0.05) is 18.0 Å². The number of rotatable bonds is 8. The molecule has 1 fully saturated rings. The lowest BCUT2D eigenvalue weighted by Gasteiger charge is -2.11. The van der Waals surface area contributed by atoms with Crippen LogP contribution in [0.5, 0.6) is 0 Å². The van der Waals surface area contributed by atoms with Crippen LogP contribution in [0.3, 0.4) is 0 Å². The van der Waals surface area contributed by atoms with Crippen LogP contribution >= 0.6 is 0 Å². The van der Waals surface area contributed by atoms with Crippen molar-refractivity contribution in [2.45, 2.75) is 13.0 Å². The Labute approximate surface area is 206 Å². The van der Waals surface area contributed by atoms with Crippen LogP contribution in [0.4, 0.5) is 8.78 Å². The Morgan fingerprint density at radius 1 is 1.06 bits per heavy atom. The molecule has 0 heterocycles. The molecule has 1 amide bonds. The van der Waals surface area contributed by atoms with Gasteiger partial charge < -0.3 is 15.2 Å². The molecule has 0 radical (unpaired) electrons. The van der Waals surface area contributed by atoms with E-state index in [0.717, 1.165) is 18.7 Å². The summed E-state index contributed by atoms with van der Waals surface area (Å²) in [7, 11) is 1.14. The number of methoxy groups -OCH3 is 1. The second kappa shape index (κ2) is 10.5. The molecule has 0 aromatic heterocycles. The number of hydrogen-bond donors (Lipinski definition) is 2. The molecule has 184 valence electrons. The highest BCUT2D eigenvalue weighted by Gasteiger charge is 2.40. The maximum Gasteiger partial charge on any atom is 0.341 e. The summed E-state index contributed by atoms with van der Waals surface area (Å²) in [5.74, 6) is -3.54. The van der Waals surface area contributed by atoms with Crippen molar-refractivity contribution in [3.63, 3.8) is 0 Å². The van der Waals surface area contributed by atoms with Crippen LogP contribution in [0.2, 0.25) is 0 Å². The van der Waals surface area contributed by atoms with E-state index in [2.05, 4.69) is 10.1 Å². The number of allylic oxidation sites excluding steroid dienone is 1. The minimum Gasteiger partial charge on any atom is -0.478 e. The third-order valence-electron chi connectivity index (χ3n) is 6.09. The summed E-state index contributed by atoms with van der Waals surface area (Å²) in [6, 6.07) is 14.7. The summed E-state index contributed by atoms with van der Waals surface area (Å²) in [5.41, 5.74) is 1.55. The first-order valence-corrected chi connectivity index (χ1v) is 11.2. The topological polar surface area (TPSA) is 92.7 Å². The number of esters is 1. The number of carbonyl (C=O) groups excluding carboxylic acids is 2. The molecule has 4 rings (SSSR count). The van der Waals surface area contributed by atoms with Crippen molar-refractivity contribution in [3.8, 4) is 11.1 Å². The minimum atomic E-state index is -0.990. The number of carbonyl (C=O) groups is 3. The zero-order valence-corrected chi connectivity index (χ0v) is 19.3. The molecule has 36 heavy (non-hydrogen) atoms. The average Bonchev–Trinajstić information content (AvgIpc) is 3.66. The Morgan fingerprint density at radius 2 is 1.81 bits per heavy atom. The Bertz CT molecular complexity index is 1350. The first-order chi connectivity index (χ1) is 17.3. The van der Waals surface area contributed by atoms with Gasteiger partial charge in [-0.25, -0.2) is 18.4 Å². The molecule has 0 spiro atoms. The normalized spacial score (nSPS) is 16.5. The number of halogens is 2. The van der Waals surface area contributed by atoms with E-state index in [1.165, 1.54) is 36.4 Å². The summed E-state index contributed by atoms with van der Waals surface area (Å²) < 4.78 is 33.6. The molecule has 0 bridgehead atoms. The SMILES string of the molecule is COC(=O)c1c(F)cccc1-c1ccc(CNC(=O)C2CC2C=Cc2ccc(C(=O)O)cc2)c(F)c1. The van der Waals surface area contributed by atoms with E-state index in [1.807, 2.05) is 12.2 Å². The number of carboxylic acids is 1. The van der Waals surface area contributed by atoms with Gasteiger partial charge in [-0.1, -0.05) is 48.6 Å². The van der Waals surface area contributed by atoms with Crippen LogP contribution < -0.4 is 5.32 Å². The number of aromatic carboxylic acids is 1. The molecule has 2 atom stereocenters. The number of nitrogens with one attached hydrogen (secondary N) is 1. The van der Waals surface area contributed by atoms with Gasteiger partial charge in [0.15, 0.2) is 0 Å². The Hall–Kier alpha value is -4.33. The molecule has 0 aliphatic heterocycles. The molecule has 6 nitrogen and oxygen atoms in total. The maximum absolute atomic E-state index is 14.8. The van der Waals surface area contributed by atoms with Crippen LogP contribution in [-0.2, 0) is 16.1 Å². The number of amides is 1. The number of benzene rings is 3. The zero-order chi connectivity index (χ0) is 25.8. The van der Waals surface area contributed by atoms with Crippen LogP contribution in [0.1, 0.15) is 38.3 Å². The second-order valence-corrected chi connectivity index (χ2v) is 8.47. The quantitative estimate of drug-likeness (QED) is 0.429. The van der Waals surface area contributed by atoms with Crippen LogP contribution in [0.25, 0.3) is 17.2 Å². The third-order valence-corrected chi connectivity index (χ3v) is 6.09. The predicted molar refractivity (Wildman–Crippen MR) is 129 cm³/mol. The number of hydrogen-bond acceptors (Lipinski definition) is 4. The molecule has 2 unspecified atom stereocenters. The molecule has 2 N–H and O–H groups in total. The number of ether oxygens (including phenoxy) is 1. The third kappa shape index (κ3) is 5.49. The van der Waals surface area contributed by atoms with Gasteiger partial charge in [-0.15, -0.1) is 0 Å². The smallest absolute Gasteiger partial charge is 0.341 e. The Kier molecular flexibility index (Phi) is 7.24. The highest BCUT2D eigenvalue weighted by molar-refractivity contribution is 5.97. The van der Waals surface area contributed by atoms with Gasteiger partial charge in [0.2, 0.25) is 5.91 Å². The summed E-state index contributed by atoms with van der Waals surface area (Å²) >= 11 is 0. The van der Waals surface area contributed by atoms with Gasteiger partial charge in [-0.3, -0.25) is 4.79 Å². The molecular weight excluding hydrogens is 468 g/mol. The van der Waals surface area contributed by atoms with Crippen LogP contribution in [-0.4, -0.2) is 30.1 Å². The molecule has 0 saturated heterocycles. The van der Waals surface area contributed by atoms with E-state index >= 15 is 0 Å². The molecule has 1 saturated carbocycles. The molecule has 8 heteroatoms. The Morgan fingerprint density at radius 3 is 2.47 bits per heavy atom. The van der Waals surface area contributed by atoms with E-state index < -0.39 is 23.6 Å². The first-order valence-electron chi connectivity index (χ1n) is 11.2. The summed E-state index contributed by atoms with van der Waals surface area (Å²) in [5, 5.41) is 11.7. The molecule has 3 aromatic carbocycles. The first kappa shape index (κ1) is 24.8. The highest BCUT2D eigenvalue weighted by Crippen LogP contribution is 2.40. The van der Waals surface area contributed by atoms with Crippen molar-refractivity contribution in [2.75, 3.05) is 7.11 Å². The fourth-order valence-corrected chi connectivity index (χ4v) is 3.95. The van der Waals surface area contributed by atoms with Gasteiger partial charge in [0.25, 0.3) is 0 Å². The van der Waals surface area contributed by atoms with Gasteiger partial charge in [0.1, 0.15) is 17.2 Å². The van der Waals surface area contributed by atoms with Crippen molar-refractivity contribution in [3.05, 3.63) is 101 Å². The lowest BCUT2D eigenvalue weighted by atomic mass is 9.98. The van der Waals surface area contributed by atoms with E-state index in [-0.39, 0.29) is 46.5 Å². The van der Waals surface area contributed by atoms with E-state index in [1.54, 1.807) is 18.2 Å². The average molecular weight is 491 g/mol. The van der Waals surface area contributed by atoms with Crippen molar-refractivity contribution in [1.82, 2.24) is 5.32 Å². The largest absolute Gasteiger partial charge is 0.478 e. The Balaban J connectivity index is 1.36. The van der Waals surface area contributed by atoms with Gasteiger partial charge >= 0.3 is 11.9 Å². The standard InChI is InChI=1S/C28H23F2NO5/c1-36-28(35)25-21(3-2-4-23(25)29)19-11-12-20(24(30)14-19)15-31-26(32)22-13-18(22)10-7-16-5-8-17(9-6-16)27(33)34/h2-12,14,18,22H,13,15H2,1H3,(H,31,32)(H,33,34). The minimum absolute atomic E-state index is 0.0124. The van der Waals surface area contributed by atoms with Crippen molar-refractivity contribution in [1.29, 1.82) is 0 Å². The van der Waals surface area contributed by atoms with Gasteiger partial charge in [-0.05, 0) is 53.3 Å². The second-order valence-electron chi connectivity index (χ2n) is 8.47. The summed E-state index contributed by atoms with van der Waals surface area (Å²) in [6.45, 7) is -0.0124. The maximum atomic E-state index is 14.8. The highest BCUT2D eigenvalue weighted by atomic mass is 19.1.